The van der Waals surface area contributed by atoms with Crippen LogP contribution in [-0.2, 0) is 0 Å². The van der Waals surface area contributed by atoms with Gasteiger partial charge in [0.15, 0.2) is 0 Å². The van der Waals surface area contributed by atoms with Crippen LogP contribution in [0.4, 0.5) is 0 Å². The van der Waals surface area contributed by atoms with Gasteiger partial charge in [-0.15, -0.1) is 0 Å². The molecule has 0 fully saturated rings. The lowest BCUT2D eigenvalue weighted by Crippen LogP contribution is -2.27. The molecule has 18 heavy (non-hydrogen) atoms. The Morgan fingerprint density at radius 1 is 1.28 bits per heavy atom. The normalized spacial score (nSPS) is 13.1. The van der Waals surface area contributed by atoms with Crippen LogP contribution < -0.4 is 10.1 Å². The molecule has 1 aromatic rings. The molecule has 0 heterocycles. The van der Waals surface area contributed by atoms with Crippen molar-refractivity contribution in [1.29, 1.82) is 0 Å². The van der Waals surface area contributed by atoms with Gasteiger partial charge >= 0.3 is 0 Å². The van der Waals surface area contributed by atoms with Gasteiger partial charge in [0.05, 0.1) is 17.2 Å². The number of halogens is 1. The molecule has 4 heteroatoms. The number of nitrogens with one attached hydrogen (secondary N) is 1. The summed E-state index contributed by atoms with van der Waals surface area (Å²) in [7, 11) is 0. The summed E-state index contributed by atoms with van der Waals surface area (Å²) in [6.07, 6.45) is -0.473. The summed E-state index contributed by atoms with van der Waals surface area (Å²) in [6, 6.07) is 5.75. The van der Waals surface area contributed by atoms with Crippen LogP contribution in [0, 0.1) is 0 Å². The highest BCUT2D eigenvalue weighted by Gasteiger charge is 2.11. The first-order chi connectivity index (χ1) is 8.40. The first kappa shape index (κ1) is 15.3. The topological polar surface area (TPSA) is 41.5 Å². The third-order valence-corrected chi connectivity index (χ3v) is 2.72. The highest BCUT2D eigenvalue weighted by molar-refractivity contribution is 6.32. The van der Waals surface area contributed by atoms with E-state index in [-0.39, 0.29) is 6.10 Å². The number of benzene rings is 1. The quantitative estimate of drug-likeness (QED) is 0.835. The van der Waals surface area contributed by atoms with Crippen LogP contribution in [0.1, 0.15) is 39.4 Å². The van der Waals surface area contributed by atoms with E-state index in [2.05, 4.69) is 5.32 Å². The molecule has 0 saturated heterocycles. The third kappa shape index (κ3) is 4.84. The monoisotopic (exact) mass is 271 g/mol. The first-order valence-electron chi connectivity index (χ1n) is 6.27. The maximum atomic E-state index is 10.0. The molecule has 0 aromatic heterocycles. The van der Waals surface area contributed by atoms with Crippen molar-refractivity contribution in [2.45, 2.75) is 45.9 Å². The van der Waals surface area contributed by atoms with Crippen LogP contribution >= 0.6 is 11.6 Å². The standard InChI is InChI=1S/C14H22ClNO2/c1-9(2)16-8-13(17)11-5-6-14(12(15)7-11)18-10(3)4/h5-7,9-10,13,16-17H,8H2,1-4H3. The number of rotatable bonds is 6. The van der Waals surface area contributed by atoms with Gasteiger partial charge in [0.2, 0.25) is 0 Å². The van der Waals surface area contributed by atoms with E-state index in [1.807, 2.05) is 33.8 Å². The van der Waals surface area contributed by atoms with Gasteiger partial charge in [0, 0.05) is 12.6 Å². The van der Waals surface area contributed by atoms with Gasteiger partial charge in [-0.25, -0.2) is 0 Å². The predicted molar refractivity (Wildman–Crippen MR) is 75.3 cm³/mol. The molecular weight excluding hydrogens is 250 g/mol. The Labute approximate surface area is 114 Å². The number of ether oxygens (including phenoxy) is 1. The summed E-state index contributed by atoms with van der Waals surface area (Å²) in [4.78, 5) is 0. The van der Waals surface area contributed by atoms with Gasteiger partial charge in [-0.3, -0.25) is 0 Å². The summed E-state index contributed by atoms with van der Waals surface area (Å²) in [5, 5.41) is 13.7. The lowest BCUT2D eigenvalue weighted by Gasteiger charge is -2.16. The third-order valence-electron chi connectivity index (χ3n) is 2.42. The molecule has 0 amide bonds. The molecule has 0 spiro atoms. The highest BCUT2D eigenvalue weighted by atomic mass is 35.5. The smallest absolute Gasteiger partial charge is 0.138 e. The van der Waals surface area contributed by atoms with Crippen LogP contribution in [0.15, 0.2) is 18.2 Å². The van der Waals surface area contributed by atoms with Crippen LogP contribution in [0.2, 0.25) is 5.02 Å². The fourth-order valence-electron chi connectivity index (χ4n) is 1.54. The minimum atomic E-state index is -0.557. The molecule has 0 saturated carbocycles. The second-order valence-corrected chi connectivity index (χ2v) is 5.34. The fourth-order valence-corrected chi connectivity index (χ4v) is 1.77. The summed E-state index contributed by atoms with van der Waals surface area (Å²) < 4.78 is 5.55. The minimum Gasteiger partial charge on any atom is -0.489 e. The molecule has 3 nitrogen and oxygen atoms in total. The maximum absolute atomic E-state index is 10.0. The van der Waals surface area contributed by atoms with Crippen molar-refractivity contribution in [2.75, 3.05) is 6.54 Å². The summed E-state index contributed by atoms with van der Waals surface area (Å²) in [5.74, 6) is 0.652. The van der Waals surface area contributed by atoms with Crippen molar-refractivity contribution in [2.24, 2.45) is 0 Å². The number of hydrogen-bond acceptors (Lipinski definition) is 3. The summed E-state index contributed by atoms with van der Waals surface area (Å²) >= 11 is 6.12. The predicted octanol–water partition coefficient (Wildman–Crippen LogP) is 3.16. The molecule has 1 unspecified atom stereocenters. The van der Waals surface area contributed by atoms with E-state index in [4.69, 9.17) is 16.3 Å². The zero-order chi connectivity index (χ0) is 13.7. The average Bonchev–Trinajstić information content (AvgIpc) is 2.28. The van der Waals surface area contributed by atoms with E-state index in [1.54, 1.807) is 12.1 Å². The largest absolute Gasteiger partial charge is 0.489 e. The lowest BCUT2D eigenvalue weighted by molar-refractivity contribution is 0.171. The van der Waals surface area contributed by atoms with Crippen molar-refractivity contribution >= 4 is 11.6 Å². The molecule has 1 atom stereocenters. The summed E-state index contributed by atoms with van der Waals surface area (Å²) in [5.41, 5.74) is 0.796. The molecular formula is C14H22ClNO2. The Kier molecular flexibility index (Phi) is 5.93. The Morgan fingerprint density at radius 3 is 2.44 bits per heavy atom. The molecule has 2 N–H and O–H groups in total. The van der Waals surface area contributed by atoms with Crippen LogP contribution in [0.5, 0.6) is 5.75 Å². The lowest BCUT2D eigenvalue weighted by atomic mass is 10.1. The second-order valence-electron chi connectivity index (χ2n) is 4.94. The van der Waals surface area contributed by atoms with Gasteiger partial charge in [0.1, 0.15) is 5.75 Å². The average molecular weight is 272 g/mol. The van der Waals surface area contributed by atoms with E-state index < -0.39 is 6.10 Å². The fraction of sp³-hybridized carbons (Fsp3) is 0.571. The highest BCUT2D eigenvalue weighted by Crippen LogP contribution is 2.28. The Bertz CT molecular complexity index is 380. The molecule has 0 aliphatic carbocycles. The Morgan fingerprint density at radius 2 is 1.94 bits per heavy atom. The van der Waals surface area contributed by atoms with E-state index in [0.29, 0.717) is 23.4 Å². The molecule has 0 aliphatic heterocycles. The van der Waals surface area contributed by atoms with Crippen molar-refractivity contribution in [3.05, 3.63) is 28.8 Å². The molecule has 1 rings (SSSR count). The minimum absolute atomic E-state index is 0.0841. The van der Waals surface area contributed by atoms with Crippen LogP contribution in [-0.4, -0.2) is 23.8 Å². The van der Waals surface area contributed by atoms with Gasteiger partial charge in [-0.2, -0.15) is 0 Å². The van der Waals surface area contributed by atoms with Crippen molar-refractivity contribution < 1.29 is 9.84 Å². The first-order valence-corrected chi connectivity index (χ1v) is 6.65. The molecule has 0 aliphatic rings. The number of aliphatic hydroxyl groups excluding tert-OH is 1. The molecule has 0 bridgehead atoms. The van der Waals surface area contributed by atoms with Crippen LogP contribution in [0.25, 0.3) is 0 Å². The van der Waals surface area contributed by atoms with E-state index in [0.717, 1.165) is 5.56 Å². The Hall–Kier alpha value is -0.770. The summed E-state index contributed by atoms with van der Waals surface area (Å²) in [6.45, 7) is 8.49. The zero-order valence-corrected chi connectivity index (χ0v) is 12.2. The number of hydrogen-bond donors (Lipinski definition) is 2. The maximum Gasteiger partial charge on any atom is 0.138 e. The van der Waals surface area contributed by atoms with Crippen molar-refractivity contribution in [3.8, 4) is 5.75 Å². The van der Waals surface area contributed by atoms with Gasteiger partial charge in [0.25, 0.3) is 0 Å². The zero-order valence-electron chi connectivity index (χ0n) is 11.4. The molecule has 1 aromatic carbocycles. The van der Waals surface area contributed by atoms with E-state index in [9.17, 15) is 5.11 Å². The van der Waals surface area contributed by atoms with E-state index >= 15 is 0 Å². The SMILES string of the molecule is CC(C)NCC(O)c1ccc(OC(C)C)c(Cl)c1. The number of aliphatic hydroxyl groups is 1. The van der Waals surface area contributed by atoms with Crippen molar-refractivity contribution in [3.63, 3.8) is 0 Å². The van der Waals surface area contributed by atoms with Gasteiger partial charge < -0.3 is 15.2 Å². The van der Waals surface area contributed by atoms with Crippen LogP contribution in [0.3, 0.4) is 0 Å². The van der Waals surface area contributed by atoms with Crippen molar-refractivity contribution in [1.82, 2.24) is 5.32 Å². The molecule has 102 valence electrons. The molecule has 0 radical (unpaired) electrons. The van der Waals surface area contributed by atoms with Gasteiger partial charge in [-0.05, 0) is 31.5 Å². The van der Waals surface area contributed by atoms with E-state index in [1.165, 1.54) is 0 Å². The second kappa shape index (κ2) is 6.98. The van der Waals surface area contributed by atoms with Gasteiger partial charge in [-0.1, -0.05) is 31.5 Å². The Balaban J connectivity index is 2.71.